The molecule has 0 saturated carbocycles. The number of rotatable bonds is 6. The van der Waals surface area contributed by atoms with Crippen molar-refractivity contribution in [3.8, 4) is 5.75 Å². The summed E-state index contributed by atoms with van der Waals surface area (Å²) in [4.78, 5) is 16.1. The van der Waals surface area contributed by atoms with E-state index in [0.717, 1.165) is 11.6 Å². The Balaban J connectivity index is 1.46. The molecule has 1 N–H and O–H groups in total. The van der Waals surface area contributed by atoms with E-state index in [-0.39, 0.29) is 18.0 Å². The van der Waals surface area contributed by atoms with Gasteiger partial charge in [0.2, 0.25) is 5.91 Å². The number of carbonyl (C=O) groups excluding carboxylic acids is 1. The second-order valence-electron chi connectivity index (χ2n) is 7.34. The van der Waals surface area contributed by atoms with Crippen LogP contribution in [0.2, 0.25) is 0 Å². The van der Waals surface area contributed by atoms with Gasteiger partial charge in [0.05, 0.1) is 17.8 Å². The zero-order valence-electron chi connectivity index (χ0n) is 16.8. The number of piperazine rings is 1. The first-order chi connectivity index (χ1) is 15.0. The van der Waals surface area contributed by atoms with E-state index in [0.29, 0.717) is 32.7 Å². The molecular weight excluding hydrogens is 440 g/mol. The highest BCUT2D eigenvalue weighted by atomic mass is 19.4. The maximum Gasteiger partial charge on any atom is 0.573 e. The van der Waals surface area contributed by atoms with Crippen LogP contribution in [0.4, 0.5) is 32.0 Å². The van der Waals surface area contributed by atoms with Crippen LogP contribution in [-0.2, 0) is 17.5 Å². The summed E-state index contributed by atoms with van der Waals surface area (Å²) in [5, 5.41) is 2.33. The molecule has 1 saturated heterocycles. The maximum atomic E-state index is 13.0. The highest BCUT2D eigenvalue weighted by molar-refractivity contribution is 5.93. The number of benzene rings is 2. The molecule has 1 amide bonds. The van der Waals surface area contributed by atoms with E-state index in [1.54, 1.807) is 12.1 Å². The molecule has 0 spiro atoms. The van der Waals surface area contributed by atoms with E-state index in [2.05, 4.69) is 15.0 Å². The van der Waals surface area contributed by atoms with Gasteiger partial charge in [0.25, 0.3) is 0 Å². The van der Waals surface area contributed by atoms with Crippen LogP contribution >= 0.6 is 0 Å². The lowest BCUT2D eigenvalue weighted by molar-refractivity contribution is -0.274. The molecule has 2 aromatic carbocycles. The zero-order chi connectivity index (χ0) is 23.4. The lowest BCUT2D eigenvalue weighted by Crippen LogP contribution is -2.48. The van der Waals surface area contributed by atoms with Gasteiger partial charge in [-0.15, -0.1) is 13.2 Å². The van der Waals surface area contributed by atoms with E-state index in [1.165, 1.54) is 30.3 Å². The third kappa shape index (κ3) is 7.13. The Hall–Kier alpha value is -2.79. The van der Waals surface area contributed by atoms with Crippen molar-refractivity contribution in [1.82, 2.24) is 9.80 Å². The summed E-state index contributed by atoms with van der Waals surface area (Å²) < 4.78 is 79.7. The number of nitrogens with one attached hydrogen (secondary N) is 1. The summed E-state index contributed by atoms with van der Waals surface area (Å²) in [7, 11) is 0. The number of hydrogen-bond donors (Lipinski definition) is 1. The molecule has 2 aromatic rings. The van der Waals surface area contributed by atoms with Crippen molar-refractivity contribution < 1.29 is 35.9 Å². The van der Waals surface area contributed by atoms with Crippen LogP contribution in [0.3, 0.4) is 0 Å². The van der Waals surface area contributed by atoms with E-state index in [1.807, 2.05) is 4.90 Å². The summed E-state index contributed by atoms with van der Waals surface area (Å²) in [6.07, 6.45) is -9.30. The fraction of sp³-hybridized carbons (Fsp3) is 0.381. The van der Waals surface area contributed by atoms with Crippen LogP contribution in [0.1, 0.15) is 11.1 Å². The Labute approximate surface area is 180 Å². The lowest BCUT2D eigenvalue weighted by atomic mass is 10.1. The molecule has 3 rings (SSSR count). The Morgan fingerprint density at radius 2 is 1.47 bits per heavy atom. The van der Waals surface area contributed by atoms with E-state index in [4.69, 9.17) is 0 Å². The van der Waals surface area contributed by atoms with Crippen molar-refractivity contribution in [3.05, 3.63) is 59.7 Å². The number of para-hydroxylation sites is 1. The molecule has 0 aromatic heterocycles. The van der Waals surface area contributed by atoms with Crippen LogP contribution in [0.25, 0.3) is 0 Å². The van der Waals surface area contributed by atoms with E-state index >= 15 is 0 Å². The molecule has 1 aliphatic rings. The molecule has 0 unspecified atom stereocenters. The topological polar surface area (TPSA) is 44.8 Å². The standard InChI is InChI=1S/C21H21F6N3O2/c22-20(23,24)17-3-1-2-4-18(17)28-19(31)14-30-11-9-29(10-12-30)13-15-5-7-16(8-6-15)32-21(25,26)27/h1-8H,9-14H2,(H,28,31). The zero-order valence-corrected chi connectivity index (χ0v) is 16.8. The normalized spacial score (nSPS) is 16.1. The highest BCUT2D eigenvalue weighted by Gasteiger charge is 2.34. The third-order valence-electron chi connectivity index (χ3n) is 4.90. The van der Waals surface area contributed by atoms with Gasteiger partial charge in [-0.05, 0) is 29.8 Å². The molecule has 32 heavy (non-hydrogen) atoms. The second kappa shape index (κ2) is 9.78. The number of amides is 1. The van der Waals surface area contributed by atoms with Gasteiger partial charge in [-0.25, -0.2) is 0 Å². The van der Waals surface area contributed by atoms with Crippen molar-refractivity contribution in [2.75, 3.05) is 38.0 Å². The number of hydrogen-bond acceptors (Lipinski definition) is 4. The molecule has 0 atom stereocenters. The second-order valence-corrected chi connectivity index (χ2v) is 7.34. The number of anilines is 1. The summed E-state index contributed by atoms with van der Waals surface area (Å²) >= 11 is 0. The number of alkyl halides is 6. The first kappa shape index (κ1) is 23.9. The first-order valence-corrected chi connectivity index (χ1v) is 9.75. The van der Waals surface area contributed by atoms with Crippen LogP contribution in [0.15, 0.2) is 48.5 Å². The Morgan fingerprint density at radius 1 is 0.875 bits per heavy atom. The molecule has 0 aliphatic carbocycles. The SMILES string of the molecule is O=C(CN1CCN(Cc2ccc(OC(F)(F)F)cc2)CC1)Nc1ccccc1C(F)(F)F. The van der Waals surface area contributed by atoms with Gasteiger partial charge in [-0.1, -0.05) is 24.3 Å². The predicted octanol–water partition coefficient (Wildman–Crippen LogP) is 4.36. The Kier molecular flexibility index (Phi) is 7.29. The predicted molar refractivity (Wildman–Crippen MR) is 105 cm³/mol. The van der Waals surface area contributed by atoms with E-state index in [9.17, 15) is 31.1 Å². The van der Waals surface area contributed by atoms with Gasteiger partial charge >= 0.3 is 12.5 Å². The van der Waals surface area contributed by atoms with Crippen molar-refractivity contribution in [1.29, 1.82) is 0 Å². The third-order valence-corrected chi connectivity index (χ3v) is 4.90. The number of carbonyl (C=O) groups is 1. The number of halogens is 6. The monoisotopic (exact) mass is 461 g/mol. The average Bonchev–Trinajstić information content (AvgIpc) is 2.69. The Bertz CT molecular complexity index is 907. The van der Waals surface area contributed by atoms with Crippen LogP contribution in [0.5, 0.6) is 5.75 Å². The lowest BCUT2D eigenvalue weighted by Gasteiger charge is -2.34. The minimum Gasteiger partial charge on any atom is -0.406 e. The average molecular weight is 461 g/mol. The molecule has 174 valence electrons. The molecule has 1 heterocycles. The van der Waals surface area contributed by atoms with Crippen molar-refractivity contribution in [2.45, 2.75) is 19.1 Å². The van der Waals surface area contributed by atoms with E-state index < -0.39 is 24.0 Å². The molecule has 0 radical (unpaired) electrons. The molecule has 0 bridgehead atoms. The molecule has 1 fully saturated rings. The largest absolute Gasteiger partial charge is 0.573 e. The summed E-state index contributed by atoms with van der Waals surface area (Å²) in [5.74, 6) is -0.820. The fourth-order valence-corrected chi connectivity index (χ4v) is 3.39. The van der Waals surface area contributed by atoms with Gasteiger partial charge in [0, 0.05) is 32.7 Å². The maximum absolute atomic E-state index is 13.0. The molecular formula is C21H21F6N3O2. The van der Waals surface area contributed by atoms with Crippen molar-refractivity contribution in [2.24, 2.45) is 0 Å². The smallest absolute Gasteiger partial charge is 0.406 e. The first-order valence-electron chi connectivity index (χ1n) is 9.75. The van der Waals surface area contributed by atoms with Gasteiger partial charge in [-0.3, -0.25) is 14.6 Å². The fourth-order valence-electron chi connectivity index (χ4n) is 3.39. The molecule has 5 nitrogen and oxygen atoms in total. The van der Waals surface area contributed by atoms with Crippen LogP contribution < -0.4 is 10.1 Å². The summed E-state index contributed by atoms with van der Waals surface area (Å²) in [5.41, 5.74) is -0.360. The minimum absolute atomic E-state index is 0.0382. The molecule has 1 aliphatic heterocycles. The quantitative estimate of drug-likeness (QED) is 0.650. The van der Waals surface area contributed by atoms with Crippen molar-refractivity contribution >= 4 is 11.6 Å². The number of ether oxygens (including phenoxy) is 1. The van der Waals surface area contributed by atoms with Crippen LogP contribution in [-0.4, -0.2) is 54.8 Å². The van der Waals surface area contributed by atoms with Crippen molar-refractivity contribution in [3.63, 3.8) is 0 Å². The van der Waals surface area contributed by atoms with Gasteiger partial charge < -0.3 is 10.1 Å². The van der Waals surface area contributed by atoms with Crippen LogP contribution in [0, 0.1) is 0 Å². The molecule has 11 heteroatoms. The van der Waals surface area contributed by atoms with Gasteiger partial charge in [0.15, 0.2) is 0 Å². The van der Waals surface area contributed by atoms with Gasteiger partial charge in [-0.2, -0.15) is 13.2 Å². The number of nitrogens with zero attached hydrogens (tertiary/aromatic N) is 2. The Morgan fingerprint density at radius 3 is 2.06 bits per heavy atom. The summed E-state index contributed by atoms with van der Waals surface area (Å²) in [6, 6.07) is 10.4. The highest BCUT2D eigenvalue weighted by Crippen LogP contribution is 2.34. The summed E-state index contributed by atoms with van der Waals surface area (Å²) in [6.45, 7) is 2.75. The van der Waals surface area contributed by atoms with Gasteiger partial charge in [0.1, 0.15) is 5.75 Å². The minimum atomic E-state index is -4.74.